The van der Waals surface area contributed by atoms with Crippen LogP contribution in [0.2, 0.25) is 5.02 Å². The second-order valence-corrected chi connectivity index (χ2v) is 5.47. The zero-order chi connectivity index (χ0) is 14.0. The Balaban J connectivity index is 2.15. The van der Waals surface area contributed by atoms with Crippen LogP contribution in [0.4, 0.5) is 4.39 Å². The maximum absolute atomic E-state index is 13.6. The van der Waals surface area contributed by atoms with E-state index >= 15 is 0 Å². The molecule has 19 heavy (non-hydrogen) atoms. The maximum atomic E-state index is 13.6. The predicted molar refractivity (Wildman–Crippen MR) is 73.8 cm³/mol. The third-order valence-corrected chi connectivity index (χ3v) is 3.94. The Labute approximate surface area is 117 Å². The SMILES string of the molecule is Cc1cc(Cl)c(C(=O)N2CCC(CCN)C2)cc1F. The third-order valence-electron chi connectivity index (χ3n) is 3.63. The molecule has 1 saturated heterocycles. The first-order chi connectivity index (χ1) is 9.02. The van der Waals surface area contributed by atoms with Gasteiger partial charge in [0.1, 0.15) is 5.82 Å². The van der Waals surface area contributed by atoms with Crippen molar-refractivity contribution in [3.8, 4) is 0 Å². The molecule has 2 rings (SSSR count). The van der Waals surface area contributed by atoms with Gasteiger partial charge in [0.2, 0.25) is 0 Å². The molecule has 2 N–H and O–H groups in total. The van der Waals surface area contributed by atoms with Crippen molar-refractivity contribution in [2.75, 3.05) is 19.6 Å². The van der Waals surface area contributed by atoms with E-state index < -0.39 is 5.82 Å². The number of nitrogens with two attached hydrogens (primary N) is 1. The van der Waals surface area contributed by atoms with Crippen LogP contribution in [0.1, 0.15) is 28.8 Å². The molecule has 1 aromatic rings. The van der Waals surface area contributed by atoms with Gasteiger partial charge in [0.05, 0.1) is 10.6 Å². The van der Waals surface area contributed by atoms with Crippen LogP contribution in [-0.4, -0.2) is 30.4 Å². The molecule has 0 saturated carbocycles. The van der Waals surface area contributed by atoms with Crippen LogP contribution < -0.4 is 5.73 Å². The zero-order valence-electron chi connectivity index (χ0n) is 11.0. The lowest BCUT2D eigenvalue weighted by molar-refractivity contribution is 0.0786. The fourth-order valence-corrected chi connectivity index (χ4v) is 2.77. The molecule has 1 aromatic carbocycles. The van der Waals surface area contributed by atoms with Crippen LogP contribution in [0, 0.1) is 18.7 Å². The summed E-state index contributed by atoms with van der Waals surface area (Å²) in [5, 5.41) is 0.311. The summed E-state index contributed by atoms with van der Waals surface area (Å²) in [7, 11) is 0. The average Bonchev–Trinajstić information content (AvgIpc) is 2.82. The average molecular weight is 285 g/mol. The molecule has 1 amide bonds. The van der Waals surface area contributed by atoms with Crippen molar-refractivity contribution in [2.45, 2.75) is 19.8 Å². The highest BCUT2D eigenvalue weighted by atomic mass is 35.5. The summed E-state index contributed by atoms with van der Waals surface area (Å²) in [6, 6.07) is 2.73. The molecule has 5 heteroatoms. The number of carbonyl (C=O) groups is 1. The first kappa shape index (κ1) is 14.3. The van der Waals surface area contributed by atoms with E-state index in [2.05, 4.69) is 0 Å². The van der Waals surface area contributed by atoms with Gasteiger partial charge < -0.3 is 10.6 Å². The summed E-state index contributed by atoms with van der Waals surface area (Å²) in [4.78, 5) is 14.1. The van der Waals surface area contributed by atoms with Crippen LogP contribution in [0.5, 0.6) is 0 Å². The summed E-state index contributed by atoms with van der Waals surface area (Å²) >= 11 is 6.04. The number of aryl methyl sites for hydroxylation is 1. The number of carbonyl (C=O) groups excluding carboxylic acids is 1. The normalized spacial score (nSPS) is 18.9. The van der Waals surface area contributed by atoms with E-state index in [-0.39, 0.29) is 11.5 Å². The van der Waals surface area contributed by atoms with E-state index in [0.717, 1.165) is 12.8 Å². The minimum absolute atomic E-state index is 0.191. The van der Waals surface area contributed by atoms with Gasteiger partial charge in [-0.25, -0.2) is 4.39 Å². The highest BCUT2D eigenvalue weighted by molar-refractivity contribution is 6.33. The van der Waals surface area contributed by atoms with Crippen LogP contribution in [0.15, 0.2) is 12.1 Å². The summed E-state index contributed by atoms with van der Waals surface area (Å²) < 4.78 is 13.6. The van der Waals surface area contributed by atoms with Gasteiger partial charge in [-0.05, 0) is 49.9 Å². The standard InChI is InChI=1S/C14H18ClFN2O/c1-9-6-12(15)11(7-13(9)16)14(19)18-5-3-10(8-18)2-4-17/h6-7,10H,2-5,8,17H2,1H3. The van der Waals surface area contributed by atoms with E-state index in [1.165, 1.54) is 12.1 Å². The lowest BCUT2D eigenvalue weighted by Gasteiger charge is -2.17. The van der Waals surface area contributed by atoms with Gasteiger partial charge in [-0.2, -0.15) is 0 Å². The number of benzene rings is 1. The molecule has 3 nitrogen and oxygen atoms in total. The Kier molecular flexibility index (Phi) is 4.42. The highest BCUT2D eigenvalue weighted by Gasteiger charge is 2.27. The molecule has 1 unspecified atom stereocenters. The first-order valence-corrected chi connectivity index (χ1v) is 6.85. The minimum atomic E-state index is -0.398. The minimum Gasteiger partial charge on any atom is -0.338 e. The van der Waals surface area contributed by atoms with Crippen molar-refractivity contribution in [1.29, 1.82) is 0 Å². The highest BCUT2D eigenvalue weighted by Crippen LogP contribution is 2.25. The zero-order valence-corrected chi connectivity index (χ0v) is 11.7. The number of halogens is 2. The van der Waals surface area contributed by atoms with Crippen LogP contribution in [0.3, 0.4) is 0 Å². The molecule has 1 atom stereocenters. The Morgan fingerprint density at radius 1 is 1.58 bits per heavy atom. The smallest absolute Gasteiger partial charge is 0.255 e. The van der Waals surface area contributed by atoms with E-state index in [9.17, 15) is 9.18 Å². The third kappa shape index (κ3) is 3.07. The maximum Gasteiger partial charge on any atom is 0.255 e. The molecule has 0 bridgehead atoms. The molecule has 1 fully saturated rings. The van der Waals surface area contributed by atoms with Crippen molar-refractivity contribution in [2.24, 2.45) is 11.7 Å². The largest absolute Gasteiger partial charge is 0.338 e. The lowest BCUT2D eigenvalue weighted by Crippen LogP contribution is -2.29. The molecular formula is C14H18ClFN2O. The second kappa shape index (κ2) is 5.88. The second-order valence-electron chi connectivity index (χ2n) is 5.06. The first-order valence-electron chi connectivity index (χ1n) is 6.48. The molecular weight excluding hydrogens is 267 g/mol. The fraction of sp³-hybridized carbons (Fsp3) is 0.500. The quantitative estimate of drug-likeness (QED) is 0.927. The monoisotopic (exact) mass is 284 g/mol. The van der Waals surface area contributed by atoms with Crippen molar-refractivity contribution >= 4 is 17.5 Å². The number of likely N-dealkylation sites (tertiary alicyclic amines) is 1. The Bertz CT molecular complexity index is 493. The van der Waals surface area contributed by atoms with Gasteiger partial charge in [0.25, 0.3) is 5.91 Å². The van der Waals surface area contributed by atoms with Crippen molar-refractivity contribution in [1.82, 2.24) is 4.90 Å². The summed E-state index contributed by atoms with van der Waals surface area (Å²) in [6.45, 7) is 3.63. The fourth-order valence-electron chi connectivity index (χ4n) is 2.47. The molecule has 1 aliphatic rings. The van der Waals surface area contributed by atoms with Gasteiger partial charge in [0.15, 0.2) is 0 Å². The Morgan fingerprint density at radius 2 is 2.32 bits per heavy atom. The van der Waals surface area contributed by atoms with Crippen LogP contribution >= 0.6 is 11.6 Å². The van der Waals surface area contributed by atoms with Crippen LogP contribution in [0.25, 0.3) is 0 Å². The molecule has 0 aliphatic carbocycles. The van der Waals surface area contributed by atoms with Gasteiger partial charge in [-0.3, -0.25) is 4.79 Å². The number of amides is 1. The molecule has 0 spiro atoms. The number of rotatable bonds is 3. The molecule has 1 aliphatic heterocycles. The molecule has 1 heterocycles. The lowest BCUT2D eigenvalue weighted by atomic mass is 10.1. The Hall–Kier alpha value is -1.13. The van der Waals surface area contributed by atoms with Gasteiger partial charge in [-0.1, -0.05) is 11.6 Å². The van der Waals surface area contributed by atoms with E-state index in [4.69, 9.17) is 17.3 Å². The summed E-state index contributed by atoms with van der Waals surface area (Å²) in [5.41, 5.74) is 6.22. The van der Waals surface area contributed by atoms with Gasteiger partial charge >= 0.3 is 0 Å². The van der Waals surface area contributed by atoms with Crippen molar-refractivity contribution in [3.63, 3.8) is 0 Å². The van der Waals surface area contributed by atoms with Gasteiger partial charge in [0, 0.05) is 13.1 Å². The van der Waals surface area contributed by atoms with E-state index in [0.29, 0.717) is 36.1 Å². The van der Waals surface area contributed by atoms with Crippen LogP contribution in [-0.2, 0) is 0 Å². The topological polar surface area (TPSA) is 46.3 Å². The Morgan fingerprint density at radius 3 is 3.00 bits per heavy atom. The predicted octanol–water partition coefficient (Wildman–Crippen LogP) is 2.60. The van der Waals surface area contributed by atoms with E-state index in [1.807, 2.05) is 0 Å². The van der Waals surface area contributed by atoms with Crippen molar-refractivity contribution < 1.29 is 9.18 Å². The number of hydrogen-bond acceptors (Lipinski definition) is 2. The molecule has 104 valence electrons. The molecule has 0 aromatic heterocycles. The number of hydrogen-bond donors (Lipinski definition) is 1. The number of nitrogens with zero attached hydrogens (tertiary/aromatic N) is 1. The van der Waals surface area contributed by atoms with Crippen molar-refractivity contribution in [3.05, 3.63) is 34.1 Å². The summed E-state index contributed by atoms with van der Waals surface area (Å²) in [5.74, 6) is -0.142. The molecule has 0 radical (unpaired) electrons. The van der Waals surface area contributed by atoms with Gasteiger partial charge in [-0.15, -0.1) is 0 Å². The summed E-state index contributed by atoms with van der Waals surface area (Å²) in [6.07, 6.45) is 1.87. The van der Waals surface area contributed by atoms with E-state index in [1.54, 1.807) is 11.8 Å².